The molecule has 0 atom stereocenters. The van der Waals surface area contributed by atoms with E-state index in [0.29, 0.717) is 0 Å². The Kier molecular flexibility index (Phi) is 4.31. The molecule has 94 valence electrons. The van der Waals surface area contributed by atoms with Crippen molar-refractivity contribution in [3.05, 3.63) is 60.7 Å². The highest BCUT2D eigenvalue weighted by atomic mass is 32.4. The van der Waals surface area contributed by atoms with E-state index in [1.165, 1.54) is 10.6 Å². The molecular formula is C14H17N2PS. The highest BCUT2D eigenvalue weighted by Gasteiger charge is 2.22. The van der Waals surface area contributed by atoms with Crippen molar-refractivity contribution in [3.63, 3.8) is 0 Å². The Labute approximate surface area is 114 Å². The molecule has 2 rings (SSSR count). The molecule has 0 saturated carbocycles. The Morgan fingerprint density at radius 3 is 1.56 bits per heavy atom. The van der Waals surface area contributed by atoms with Crippen LogP contribution in [0.1, 0.15) is 0 Å². The van der Waals surface area contributed by atoms with Crippen molar-refractivity contribution in [2.75, 3.05) is 14.1 Å². The van der Waals surface area contributed by atoms with Gasteiger partial charge in [0.1, 0.15) is 0 Å². The van der Waals surface area contributed by atoms with Crippen LogP contribution in [-0.2, 0) is 11.8 Å². The van der Waals surface area contributed by atoms with Gasteiger partial charge in [-0.1, -0.05) is 72.5 Å². The quantitative estimate of drug-likeness (QED) is 0.680. The fraction of sp³-hybridized carbons (Fsp3) is 0.143. The predicted molar refractivity (Wildman–Crippen MR) is 83.3 cm³/mol. The van der Waals surface area contributed by atoms with E-state index in [4.69, 9.17) is 11.8 Å². The molecule has 0 amide bonds. The van der Waals surface area contributed by atoms with Gasteiger partial charge in [-0.25, -0.2) is 10.2 Å². The molecule has 0 fully saturated rings. The molecule has 0 aliphatic carbocycles. The largest absolute Gasteiger partial charge is 0.246 e. The lowest BCUT2D eigenvalue weighted by Crippen LogP contribution is -2.36. The van der Waals surface area contributed by atoms with E-state index >= 15 is 0 Å². The summed E-state index contributed by atoms with van der Waals surface area (Å²) in [6.45, 7) is 0. The van der Waals surface area contributed by atoms with Crippen LogP contribution in [0.25, 0.3) is 0 Å². The number of rotatable bonds is 4. The number of hydrazine groups is 1. The first-order chi connectivity index (χ1) is 8.63. The minimum absolute atomic E-state index is 1.18. The molecule has 1 N–H and O–H groups in total. The second-order valence-corrected chi connectivity index (χ2v) is 8.37. The third kappa shape index (κ3) is 2.88. The van der Waals surface area contributed by atoms with E-state index in [2.05, 4.69) is 29.5 Å². The van der Waals surface area contributed by atoms with Gasteiger partial charge in [0.15, 0.2) is 0 Å². The van der Waals surface area contributed by atoms with Gasteiger partial charge in [0, 0.05) is 24.7 Å². The summed E-state index contributed by atoms with van der Waals surface area (Å²) in [7, 11) is 3.96. The van der Waals surface area contributed by atoms with Crippen molar-refractivity contribution in [1.82, 2.24) is 10.2 Å². The van der Waals surface area contributed by atoms with Crippen molar-refractivity contribution < 1.29 is 0 Å². The Bertz CT molecular complexity index is 497. The fourth-order valence-electron chi connectivity index (χ4n) is 1.82. The van der Waals surface area contributed by atoms with Crippen molar-refractivity contribution >= 4 is 28.6 Å². The summed E-state index contributed by atoms with van der Waals surface area (Å²) in [5.74, 6) is 0. The maximum absolute atomic E-state index is 5.97. The summed E-state index contributed by atoms with van der Waals surface area (Å²) in [6.07, 6.45) is -1.97. The first-order valence-electron chi connectivity index (χ1n) is 5.79. The number of benzene rings is 2. The molecule has 0 aromatic heterocycles. The smallest absolute Gasteiger partial charge is 0.0814 e. The van der Waals surface area contributed by atoms with Crippen molar-refractivity contribution in [2.45, 2.75) is 0 Å². The molecule has 2 aromatic carbocycles. The van der Waals surface area contributed by atoms with E-state index in [-0.39, 0.29) is 0 Å². The zero-order valence-electron chi connectivity index (χ0n) is 10.6. The lowest BCUT2D eigenvalue weighted by Gasteiger charge is -2.28. The van der Waals surface area contributed by atoms with Crippen molar-refractivity contribution in [3.8, 4) is 0 Å². The monoisotopic (exact) mass is 276 g/mol. The van der Waals surface area contributed by atoms with Gasteiger partial charge in [-0.05, 0) is 0 Å². The first kappa shape index (κ1) is 13.4. The predicted octanol–water partition coefficient (Wildman–Crippen LogP) is 2.10. The molecule has 0 bridgehead atoms. The van der Waals surface area contributed by atoms with Crippen molar-refractivity contribution in [2.24, 2.45) is 0 Å². The SMILES string of the molecule is CN(C)NP(=S)(c1ccccc1)c1ccccc1. The van der Waals surface area contributed by atoms with Gasteiger partial charge >= 0.3 is 0 Å². The normalized spacial score (nSPS) is 11.7. The summed E-state index contributed by atoms with van der Waals surface area (Å²) in [5, 5.41) is 7.75. The van der Waals surface area contributed by atoms with Crippen LogP contribution < -0.4 is 15.8 Å². The Hall–Kier alpha value is -0.990. The number of nitrogens with zero attached hydrogens (tertiary/aromatic N) is 1. The topological polar surface area (TPSA) is 15.3 Å². The van der Waals surface area contributed by atoms with Gasteiger partial charge < -0.3 is 0 Å². The van der Waals surface area contributed by atoms with Crippen LogP contribution in [0.3, 0.4) is 0 Å². The Balaban J connectivity index is 2.52. The lowest BCUT2D eigenvalue weighted by molar-refractivity contribution is 0.381. The Morgan fingerprint density at radius 1 is 0.833 bits per heavy atom. The maximum Gasteiger partial charge on any atom is 0.0814 e. The van der Waals surface area contributed by atoms with Crippen LogP contribution in [0.2, 0.25) is 0 Å². The summed E-state index contributed by atoms with van der Waals surface area (Å²) >= 11 is 5.97. The third-order valence-electron chi connectivity index (χ3n) is 2.58. The molecule has 0 aliphatic rings. The molecule has 0 spiro atoms. The first-order valence-corrected chi connectivity index (χ1v) is 8.60. The van der Waals surface area contributed by atoms with Crippen molar-refractivity contribution in [1.29, 1.82) is 0 Å². The molecule has 4 heteroatoms. The average Bonchev–Trinajstić information content (AvgIpc) is 2.40. The average molecular weight is 276 g/mol. The van der Waals surface area contributed by atoms with E-state index in [0.717, 1.165) is 0 Å². The van der Waals surface area contributed by atoms with Crippen LogP contribution in [0.15, 0.2) is 60.7 Å². The second kappa shape index (κ2) is 5.77. The van der Waals surface area contributed by atoms with Gasteiger partial charge in [0.2, 0.25) is 0 Å². The van der Waals surface area contributed by atoms with Gasteiger partial charge in [-0.2, -0.15) is 0 Å². The molecule has 2 nitrogen and oxygen atoms in total. The van der Waals surface area contributed by atoms with Gasteiger partial charge in [0.25, 0.3) is 0 Å². The highest BCUT2D eigenvalue weighted by molar-refractivity contribution is 8.20. The van der Waals surface area contributed by atoms with Gasteiger partial charge in [0.05, 0.1) is 6.19 Å². The minimum Gasteiger partial charge on any atom is -0.246 e. The highest BCUT2D eigenvalue weighted by Crippen LogP contribution is 2.38. The molecule has 0 unspecified atom stereocenters. The molecule has 0 heterocycles. The minimum atomic E-state index is -1.97. The fourth-order valence-corrected chi connectivity index (χ4v) is 5.32. The second-order valence-electron chi connectivity index (χ2n) is 4.27. The van der Waals surface area contributed by atoms with E-state index in [9.17, 15) is 0 Å². The van der Waals surface area contributed by atoms with Crippen LogP contribution >= 0.6 is 6.19 Å². The zero-order valence-corrected chi connectivity index (χ0v) is 12.3. The summed E-state index contributed by atoms with van der Waals surface area (Å²) < 4.78 is 0. The van der Waals surface area contributed by atoms with E-state index in [1.807, 2.05) is 55.5 Å². The summed E-state index contributed by atoms with van der Waals surface area (Å²) in [5.41, 5.74) is 0. The van der Waals surface area contributed by atoms with Gasteiger partial charge in [-0.3, -0.25) is 0 Å². The van der Waals surface area contributed by atoms with Crippen LogP contribution in [-0.4, -0.2) is 19.1 Å². The molecule has 0 saturated heterocycles. The lowest BCUT2D eigenvalue weighted by atomic mass is 10.4. The number of hydrogen-bond donors (Lipinski definition) is 1. The van der Waals surface area contributed by atoms with Gasteiger partial charge in [-0.15, -0.1) is 0 Å². The van der Waals surface area contributed by atoms with Crippen LogP contribution in [0.4, 0.5) is 0 Å². The molecular weight excluding hydrogens is 259 g/mol. The molecule has 0 aliphatic heterocycles. The molecule has 2 aromatic rings. The van der Waals surface area contributed by atoms with E-state index in [1.54, 1.807) is 0 Å². The van der Waals surface area contributed by atoms with Crippen LogP contribution in [0.5, 0.6) is 0 Å². The standard InChI is InChI=1S/C14H17N2PS/c1-16(2)15-17(18,13-9-5-3-6-10-13)14-11-7-4-8-12-14/h3-12H,1-2H3,(H,15,18). The van der Waals surface area contributed by atoms with E-state index < -0.39 is 6.19 Å². The number of nitrogens with one attached hydrogen (secondary N) is 1. The number of hydrogen-bond acceptors (Lipinski definition) is 2. The molecule has 0 radical (unpaired) electrons. The van der Waals surface area contributed by atoms with Crippen LogP contribution in [0, 0.1) is 0 Å². The Morgan fingerprint density at radius 2 is 1.22 bits per heavy atom. The zero-order chi connectivity index (χ0) is 13.0. The third-order valence-corrected chi connectivity index (χ3v) is 6.82. The maximum atomic E-state index is 5.97. The summed E-state index contributed by atoms with van der Waals surface area (Å²) in [6, 6.07) is 20.6. The summed E-state index contributed by atoms with van der Waals surface area (Å²) in [4.78, 5) is 0. The molecule has 18 heavy (non-hydrogen) atoms.